The van der Waals surface area contributed by atoms with Crippen molar-refractivity contribution in [2.45, 2.75) is 5.75 Å². The summed E-state index contributed by atoms with van der Waals surface area (Å²) >= 11 is 1.88. The van der Waals surface area contributed by atoms with Crippen LogP contribution in [-0.2, 0) is 5.75 Å². The van der Waals surface area contributed by atoms with Gasteiger partial charge in [0.2, 0.25) is 0 Å². The number of nitrogens with zero attached hydrogens (tertiary/aromatic N) is 1. The molecule has 1 aromatic carbocycles. The van der Waals surface area contributed by atoms with Crippen molar-refractivity contribution >= 4 is 11.8 Å². The highest BCUT2D eigenvalue weighted by Gasteiger charge is 1.95. The highest BCUT2D eigenvalue weighted by atomic mass is 32.2. The van der Waals surface area contributed by atoms with Crippen molar-refractivity contribution in [1.29, 1.82) is 0 Å². The summed E-state index contributed by atoms with van der Waals surface area (Å²) in [7, 11) is 4.14. The van der Waals surface area contributed by atoms with Crippen molar-refractivity contribution < 1.29 is 4.39 Å². The molecule has 0 amide bonds. The van der Waals surface area contributed by atoms with Gasteiger partial charge >= 0.3 is 0 Å². The molecule has 1 nitrogen and oxygen atoms in total. The zero-order chi connectivity index (χ0) is 10.4. The van der Waals surface area contributed by atoms with Crippen LogP contribution in [-0.4, -0.2) is 31.3 Å². The molecule has 0 radical (unpaired) electrons. The highest BCUT2D eigenvalue weighted by molar-refractivity contribution is 7.98. The van der Waals surface area contributed by atoms with Gasteiger partial charge in [-0.3, -0.25) is 0 Å². The zero-order valence-electron chi connectivity index (χ0n) is 8.66. The predicted molar refractivity (Wildman–Crippen MR) is 61.1 cm³/mol. The molecule has 0 saturated carbocycles. The number of hydrogen-bond acceptors (Lipinski definition) is 2. The first-order chi connectivity index (χ1) is 6.68. The lowest BCUT2D eigenvalue weighted by molar-refractivity contribution is 0.437. The van der Waals surface area contributed by atoms with Gasteiger partial charge in [0.15, 0.2) is 0 Å². The number of halogens is 1. The van der Waals surface area contributed by atoms with Gasteiger partial charge in [0.25, 0.3) is 0 Å². The molecular weight excluding hydrogens is 197 g/mol. The molecule has 0 fully saturated rings. The van der Waals surface area contributed by atoms with Crippen LogP contribution in [0.3, 0.4) is 0 Å². The Labute approximate surface area is 89.3 Å². The molecule has 0 unspecified atom stereocenters. The van der Waals surface area contributed by atoms with E-state index in [4.69, 9.17) is 0 Å². The van der Waals surface area contributed by atoms with Crippen LogP contribution in [0.4, 0.5) is 4.39 Å². The second kappa shape index (κ2) is 6.04. The molecule has 0 N–H and O–H groups in total. The van der Waals surface area contributed by atoms with E-state index in [1.54, 1.807) is 0 Å². The summed E-state index contributed by atoms with van der Waals surface area (Å²) in [5.74, 6) is 1.92. The van der Waals surface area contributed by atoms with Crippen molar-refractivity contribution in [2.75, 3.05) is 26.4 Å². The second-order valence-electron chi connectivity index (χ2n) is 3.48. The fraction of sp³-hybridized carbons (Fsp3) is 0.455. The van der Waals surface area contributed by atoms with Crippen molar-refractivity contribution in [2.24, 2.45) is 0 Å². The molecule has 0 saturated heterocycles. The van der Waals surface area contributed by atoms with Crippen LogP contribution < -0.4 is 0 Å². The van der Waals surface area contributed by atoms with E-state index in [0.717, 1.165) is 18.1 Å². The highest BCUT2D eigenvalue weighted by Crippen LogP contribution is 2.12. The number of hydrogen-bond donors (Lipinski definition) is 0. The largest absolute Gasteiger partial charge is 0.309 e. The fourth-order valence-electron chi connectivity index (χ4n) is 1.02. The smallest absolute Gasteiger partial charge is 0.123 e. The van der Waals surface area contributed by atoms with Gasteiger partial charge < -0.3 is 4.90 Å². The summed E-state index contributed by atoms with van der Waals surface area (Å²) in [4.78, 5) is 2.16. The summed E-state index contributed by atoms with van der Waals surface area (Å²) in [5.41, 5.74) is 1.19. The molecule has 0 aliphatic heterocycles. The summed E-state index contributed by atoms with van der Waals surface area (Å²) in [6.45, 7) is 1.09. The Morgan fingerprint density at radius 3 is 2.43 bits per heavy atom. The first-order valence-electron chi connectivity index (χ1n) is 4.65. The molecule has 0 aromatic heterocycles. The van der Waals surface area contributed by atoms with Gasteiger partial charge in [-0.05, 0) is 31.8 Å². The van der Waals surface area contributed by atoms with Crippen LogP contribution in [0.25, 0.3) is 0 Å². The van der Waals surface area contributed by atoms with Crippen molar-refractivity contribution in [3.63, 3.8) is 0 Å². The molecule has 0 atom stereocenters. The third-order valence-electron chi connectivity index (χ3n) is 1.86. The summed E-state index contributed by atoms with van der Waals surface area (Å²) in [6, 6.07) is 6.72. The monoisotopic (exact) mass is 213 g/mol. The van der Waals surface area contributed by atoms with E-state index in [-0.39, 0.29) is 5.82 Å². The van der Waals surface area contributed by atoms with Gasteiger partial charge in [-0.25, -0.2) is 4.39 Å². The number of rotatable bonds is 5. The van der Waals surface area contributed by atoms with E-state index in [1.807, 2.05) is 23.9 Å². The molecule has 0 heterocycles. The Morgan fingerprint density at radius 2 is 1.86 bits per heavy atom. The zero-order valence-corrected chi connectivity index (χ0v) is 9.48. The third-order valence-corrected chi connectivity index (χ3v) is 2.87. The fourth-order valence-corrected chi connectivity index (χ4v) is 2.08. The molecule has 1 aromatic rings. The molecule has 0 spiro atoms. The maximum atomic E-state index is 12.6. The van der Waals surface area contributed by atoms with Crippen LogP contribution in [0.15, 0.2) is 24.3 Å². The van der Waals surface area contributed by atoms with Crippen molar-refractivity contribution in [1.82, 2.24) is 4.90 Å². The molecule has 0 aliphatic carbocycles. The van der Waals surface area contributed by atoms with Crippen LogP contribution in [0.1, 0.15) is 5.56 Å². The maximum Gasteiger partial charge on any atom is 0.123 e. The van der Waals surface area contributed by atoms with Crippen LogP contribution >= 0.6 is 11.8 Å². The summed E-state index contributed by atoms with van der Waals surface area (Å²) < 4.78 is 12.6. The first kappa shape index (κ1) is 11.5. The van der Waals surface area contributed by atoms with E-state index in [0.29, 0.717) is 0 Å². The minimum atomic E-state index is -0.160. The predicted octanol–water partition coefficient (Wildman–Crippen LogP) is 2.62. The Bertz CT molecular complexity index is 258. The quantitative estimate of drug-likeness (QED) is 0.692. The normalized spacial score (nSPS) is 10.9. The van der Waals surface area contributed by atoms with E-state index < -0.39 is 0 Å². The number of thioether (sulfide) groups is 1. The van der Waals surface area contributed by atoms with Gasteiger partial charge in [0.1, 0.15) is 5.82 Å². The van der Waals surface area contributed by atoms with Gasteiger partial charge in [0, 0.05) is 18.1 Å². The Kier molecular flexibility index (Phi) is 4.98. The first-order valence-corrected chi connectivity index (χ1v) is 5.81. The van der Waals surface area contributed by atoms with Crippen LogP contribution in [0.5, 0.6) is 0 Å². The molecular formula is C11H16FNS. The number of benzene rings is 1. The third kappa shape index (κ3) is 4.63. The summed E-state index contributed by atoms with van der Waals surface area (Å²) in [5, 5.41) is 0. The van der Waals surface area contributed by atoms with Crippen LogP contribution in [0, 0.1) is 5.82 Å². The Hall–Kier alpha value is -0.540. The average molecular weight is 213 g/mol. The average Bonchev–Trinajstić information content (AvgIpc) is 2.15. The lowest BCUT2D eigenvalue weighted by Gasteiger charge is -2.08. The Morgan fingerprint density at radius 1 is 1.21 bits per heavy atom. The minimum absolute atomic E-state index is 0.160. The Balaban J connectivity index is 2.21. The second-order valence-corrected chi connectivity index (χ2v) is 4.59. The SMILES string of the molecule is CN(C)CCSCc1ccc(F)cc1. The van der Waals surface area contributed by atoms with Crippen molar-refractivity contribution in [3.05, 3.63) is 35.6 Å². The summed E-state index contributed by atoms with van der Waals surface area (Å²) in [6.07, 6.45) is 0. The maximum absolute atomic E-state index is 12.6. The minimum Gasteiger partial charge on any atom is -0.309 e. The van der Waals surface area contributed by atoms with Gasteiger partial charge in [-0.15, -0.1) is 0 Å². The van der Waals surface area contributed by atoms with E-state index in [2.05, 4.69) is 19.0 Å². The van der Waals surface area contributed by atoms with E-state index in [9.17, 15) is 4.39 Å². The van der Waals surface area contributed by atoms with Crippen LogP contribution in [0.2, 0.25) is 0 Å². The van der Waals surface area contributed by atoms with Gasteiger partial charge in [-0.1, -0.05) is 12.1 Å². The van der Waals surface area contributed by atoms with Gasteiger partial charge in [0.05, 0.1) is 0 Å². The lowest BCUT2D eigenvalue weighted by atomic mass is 10.2. The van der Waals surface area contributed by atoms with Crippen molar-refractivity contribution in [3.8, 4) is 0 Å². The molecule has 0 bridgehead atoms. The molecule has 3 heteroatoms. The lowest BCUT2D eigenvalue weighted by Crippen LogP contribution is -2.14. The molecule has 14 heavy (non-hydrogen) atoms. The van der Waals surface area contributed by atoms with Gasteiger partial charge in [-0.2, -0.15) is 11.8 Å². The van der Waals surface area contributed by atoms with E-state index >= 15 is 0 Å². The van der Waals surface area contributed by atoms with E-state index in [1.165, 1.54) is 17.7 Å². The molecule has 1 rings (SSSR count). The standard InChI is InChI=1S/C11H16FNS/c1-13(2)7-8-14-9-10-3-5-11(12)6-4-10/h3-6H,7-9H2,1-2H3. The molecule has 0 aliphatic rings. The molecule has 78 valence electrons. The topological polar surface area (TPSA) is 3.24 Å².